The summed E-state index contributed by atoms with van der Waals surface area (Å²) in [5.41, 5.74) is 1.21. The molecule has 2 rings (SSSR count). The van der Waals surface area contributed by atoms with Gasteiger partial charge >= 0.3 is 0 Å². The van der Waals surface area contributed by atoms with E-state index < -0.39 is 0 Å². The zero-order valence-corrected chi connectivity index (χ0v) is 17.2. The van der Waals surface area contributed by atoms with Crippen LogP contribution in [0.15, 0.2) is 58.3 Å². The fourth-order valence-corrected chi connectivity index (χ4v) is 3.67. The van der Waals surface area contributed by atoms with Gasteiger partial charge in [0.25, 0.3) is 0 Å². The van der Waals surface area contributed by atoms with Crippen molar-refractivity contribution in [3.8, 4) is 0 Å². The number of rotatable bonds is 10. The van der Waals surface area contributed by atoms with E-state index in [1.807, 2.05) is 36.4 Å². The lowest BCUT2D eigenvalue weighted by atomic mass is 10.1. The maximum Gasteiger partial charge on any atom is 0.225 e. The minimum absolute atomic E-state index is 0.130. The van der Waals surface area contributed by atoms with Crippen molar-refractivity contribution in [1.82, 2.24) is 10.2 Å². The molecule has 0 aliphatic heterocycles. The third-order valence-corrected chi connectivity index (χ3v) is 5.40. The van der Waals surface area contributed by atoms with Crippen LogP contribution in [-0.4, -0.2) is 38.0 Å². The molecule has 0 heterocycles. The van der Waals surface area contributed by atoms with Crippen LogP contribution in [0.5, 0.6) is 0 Å². The van der Waals surface area contributed by atoms with Gasteiger partial charge in [0.15, 0.2) is 11.6 Å². The van der Waals surface area contributed by atoms with Crippen molar-refractivity contribution in [2.45, 2.75) is 35.5 Å². The molecule has 1 N–H and O–H groups in total. The van der Waals surface area contributed by atoms with Crippen LogP contribution in [0.4, 0.5) is 0 Å². The largest absolute Gasteiger partial charge is 0.356 e. The summed E-state index contributed by atoms with van der Waals surface area (Å²) in [6.45, 7) is 1.82. The molecule has 0 aliphatic rings. The first kappa shape index (κ1) is 20.8. The van der Waals surface area contributed by atoms with Crippen LogP contribution in [0.2, 0.25) is 5.02 Å². The molecule has 0 spiro atoms. The first-order chi connectivity index (χ1) is 12.5. The summed E-state index contributed by atoms with van der Waals surface area (Å²) in [7, 11) is 4.14. The highest BCUT2D eigenvalue weighted by Crippen LogP contribution is 2.31. The number of nitrogens with one attached hydrogen (secondary N) is 1. The van der Waals surface area contributed by atoms with Gasteiger partial charge in [-0.2, -0.15) is 0 Å². The Morgan fingerprint density at radius 2 is 1.81 bits per heavy atom. The molecule has 0 aromatic heterocycles. The molecule has 1 amide bonds. The summed E-state index contributed by atoms with van der Waals surface area (Å²) in [6, 6.07) is 16.3. The van der Waals surface area contributed by atoms with Gasteiger partial charge in [-0.15, -0.1) is 0 Å². The number of hydrogen-bond donors (Lipinski definition) is 1. The van der Waals surface area contributed by atoms with Gasteiger partial charge in [-0.25, -0.2) is 0 Å². The normalized spacial score (nSPS) is 10.9. The van der Waals surface area contributed by atoms with E-state index in [0.717, 1.165) is 42.3 Å². The van der Waals surface area contributed by atoms with Crippen molar-refractivity contribution >= 4 is 17.7 Å². The average molecular weight is 392 g/mol. The number of amides is 1. The van der Waals surface area contributed by atoms with Crippen LogP contribution < -0.4 is 5.32 Å². The van der Waals surface area contributed by atoms with Crippen molar-refractivity contribution in [3.05, 3.63) is 59.1 Å². The van der Waals surface area contributed by atoms with E-state index in [1.165, 1.54) is 10.5 Å². The molecule has 0 saturated carbocycles. The van der Waals surface area contributed by atoms with Crippen LogP contribution in [0.25, 0.3) is 0 Å². The van der Waals surface area contributed by atoms with Gasteiger partial charge in [0.2, 0.25) is 10.9 Å². The second kappa shape index (κ2) is 11.3. The lowest BCUT2D eigenvalue weighted by molar-refractivity contribution is -0.288. The Bertz CT molecular complexity index is 689. The zero-order chi connectivity index (χ0) is 18.8. The minimum atomic E-state index is 0.130. The van der Waals surface area contributed by atoms with E-state index in [2.05, 4.69) is 36.4 Å². The van der Waals surface area contributed by atoms with E-state index in [4.69, 9.17) is 11.6 Å². The molecule has 2 aromatic rings. The number of carbonyl (C=O) groups excluding carboxylic acids is 1. The Kier molecular flexibility index (Phi) is 9.02. The van der Waals surface area contributed by atoms with Crippen molar-refractivity contribution in [3.63, 3.8) is 0 Å². The van der Waals surface area contributed by atoms with Crippen LogP contribution in [0.1, 0.15) is 24.8 Å². The molecular formula is C21H28ClN2OS+. The van der Waals surface area contributed by atoms with Crippen molar-refractivity contribution in [2.75, 3.05) is 27.2 Å². The number of benzene rings is 2. The predicted octanol–water partition coefficient (Wildman–Crippen LogP) is 3.92. The predicted molar refractivity (Wildman–Crippen MR) is 107 cm³/mol. The van der Waals surface area contributed by atoms with E-state index in [9.17, 15) is 4.79 Å². The Labute approximate surface area is 166 Å². The fraction of sp³-hybridized carbons (Fsp3) is 0.381. The molecule has 0 bridgehead atoms. The Morgan fingerprint density at radius 3 is 2.54 bits per heavy atom. The average Bonchev–Trinajstić information content (AvgIpc) is 2.62. The van der Waals surface area contributed by atoms with Gasteiger partial charge in [-0.3, -0.25) is 4.79 Å². The third-order valence-electron chi connectivity index (χ3n) is 4.00. The number of unbranched alkanes of at least 4 members (excludes halogenated alkanes) is 1. The van der Waals surface area contributed by atoms with E-state index >= 15 is 0 Å². The molecule has 26 heavy (non-hydrogen) atoms. The number of nitrogens with zero attached hydrogens (tertiary/aromatic N) is 1. The SMILES string of the molecule is CN(C)CCCCNC(=O)CCc1ccccc1Sc1ccc([ClH+])cc1. The van der Waals surface area contributed by atoms with Gasteiger partial charge in [-0.1, -0.05) is 30.0 Å². The van der Waals surface area contributed by atoms with Crippen LogP contribution in [0, 0.1) is 11.6 Å². The maximum absolute atomic E-state index is 12.1. The smallest absolute Gasteiger partial charge is 0.225 e. The maximum atomic E-state index is 12.1. The minimum Gasteiger partial charge on any atom is -0.356 e. The second-order valence-corrected chi connectivity index (χ2v) is 8.13. The summed E-state index contributed by atoms with van der Waals surface area (Å²) in [6.07, 6.45) is 3.41. The first-order valence-corrected chi connectivity index (χ1v) is 10.2. The topological polar surface area (TPSA) is 32.3 Å². The zero-order valence-electron chi connectivity index (χ0n) is 15.5. The quantitative estimate of drug-likeness (QED) is 0.623. The molecule has 0 atom stereocenters. The summed E-state index contributed by atoms with van der Waals surface area (Å²) in [5, 5.41) is 3.88. The summed E-state index contributed by atoms with van der Waals surface area (Å²) in [4.78, 5) is 16.6. The molecule has 0 unspecified atom stereocenters. The summed E-state index contributed by atoms with van der Waals surface area (Å²) >= 11 is 6.86. The highest BCUT2D eigenvalue weighted by Gasteiger charge is 2.08. The third kappa shape index (κ3) is 7.81. The van der Waals surface area contributed by atoms with Gasteiger partial charge in [0.1, 0.15) is 0 Å². The molecule has 0 fully saturated rings. The van der Waals surface area contributed by atoms with E-state index in [0.29, 0.717) is 6.42 Å². The highest BCUT2D eigenvalue weighted by atomic mass is 35.5. The molecule has 0 aliphatic carbocycles. The van der Waals surface area contributed by atoms with Gasteiger partial charge in [0.05, 0.1) is 0 Å². The first-order valence-electron chi connectivity index (χ1n) is 8.99. The number of halogens is 1. The van der Waals surface area contributed by atoms with Gasteiger partial charge in [0, 0.05) is 34.9 Å². The molecular weight excluding hydrogens is 364 g/mol. The molecule has 0 saturated heterocycles. The van der Waals surface area contributed by atoms with Crippen molar-refractivity contribution in [2.24, 2.45) is 0 Å². The Balaban J connectivity index is 1.80. The number of hydrogen-bond acceptors (Lipinski definition) is 3. The molecule has 5 heteroatoms. The van der Waals surface area contributed by atoms with Gasteiger partial charge in [-0.05, 0) is 63.7 Å². The second-order valence-electron chi connectivity index (χ2n) is 6.54. The lowest BCUT2D eigenvalue weighted by Gasteiger charge is -2.11. The van der Waals surface area contributed by atoms with Crippen molar-refractivity contribution in [1.29, 1.82) is 0 Å². The van der Waals surface area contributed by atoms with Crippen LogP contribution in [-0.2, 0) is 11.2 Å². The summed E-state index contributed by atoms with van der Waals surface area (Å²) < 4.78 is 0. The molecule has 3 nitrogen and oxygen atoms in total. The molecule has 0 radical (unpaired) electrons. The van der Waals surface area contributed by atoms with Crippen molar-refractivity contribution < 1.29 is 16.4 Å². The molecule has 140 valence electrons. The van der Waals surface area contributed by atoms with Gasteiger partial charge < -0.3 is 10.2 Å². The number of carbonyl (C=O) groups is 1. The lowest BCUT2D eigenvalue weighted by Crippen LogP contribution is -2.25. The monoisotopic (exact) mass is 391 g/mol. The highest BCUT2D eigenvalue weighted by molar-refractivity contribution is 7.99. The molecule has 2 aromatic carbocycles. The van der Waals surface area contributed by atoms with E-state index in [1.54, 1.807) is 11.8 Å². The van der Waals surface area contributed by atoms with Crippen LogP contribution >= 0.6 is 11.8 Å². The fourth-order valence-electron chi connectivity index (χ4n) is 2.56. The Hall–Kier alpha value is -1.49. The summed E-state index contributed by atoms with van der Waals surface area (Å²) in [5.74, 6) is 0.130. The number of aryl methyl sites for hydroxylation is 1. The van der Waals surface area contributed by atoms with Crippen LogP contribution in [0.3, 0.4) is 0 Å². The Morgan fingerprint density at radius 1 is 1.08 bits per heavy atom. The standard InChI is InChI=1S/C21H27ClN2OS/c1-24(2)16-6-5-15-23-21(25)14-9-17-7-3-4-8-20(17)26-19-12-10-18(22)11-13-19/h3-4,7-8,10-13,22H,5-6,9,14-16H2,1-2H3/p+1. The van der Waals surface area contributed by atoms with E-state index in [-0.39, 0.29) is 5.91 Å².